The molecule has 0 spiro atoms. The molecule has 0 aliphatic carbocycles. The molecule has 0 radical (unpaired) electrons. The predicted molar refractivity (Wildman–Crippen MR) is 55.4 cm³/mol. The molecule has 0 aliphatic heterocycles. The predicted octanol–water partition coefficient (Wildman–Crippen LogP) is 1.59. The van der Waals surface area contributed by atoms with Gasteiger partial charge in [-0.1, -0.05) is 12.1 Å². The lowest BCUT2D eigenvalue weighted by molar-refractivity contribution is 0.262. The molecule has 2 aromatic heterocycles. The fourth-order valence-electron chi connectivity index (χ4n) is 1.28. The molecular weight excluding hydrogens is 210 g/mol. The maximum Gasteiger partial charge on any atom is 0.308 e. The summed E-state index contributed by atoms with van der Waals surface area (Å²) in [6.45, 7) is 4.25. The summed E-state index contributed by atoms with van der Waals surface area (Å²) in [6, 6.07) is 3.29. The third-order valence-corrected chi connectivity index (χ3v) is 2.19. The van der Waals surface area contributed by atoms with Gasteiger partial charge >= 0.3 is 5.95 Å². The Balaban J connectivity index is 1.91. The normalized spacial score (nSPS) is 12.6. The number of H-pyrrole nitrogens is 1. The Bertz CT molecular complexity index is 463. The van der Waals surface area contributed by atoms with Crippen molar-refractivity contribution >= 4 is 0 Å². The highest BCUT2D eigenvalue weighted by Crippen LogP contribution is 2.19. The lowest BCUT2D eigenvalue weighted by Gasteiger charge is -2.07. The van der Waals surface area contributed by atoms with Crippen molar-refractivity contribution < 1.29 is 14.4 Å². The van der Waals surface area contributed by atoms with Gasteiger partial charge in [0.1, 0.15) is 0 Å². The molecule has 86 valence electrons. The first-order chi connectivity index (χ1) is 7.65. The van der Waals surface area contributed by atoms with E-state index in [1.807, 2.05) is 19.9 Å². The lowest BCUT2D eigenvalue weighted by Crippen LogP contribution is -2.07. The van der Waals surface area contributed by atoms with E-state index in [9.17, 15) is 0 Å². The van der Waals surface area contributed by atoms with E-state index in [-0.39, 0.29) is 11.9 Å². The van der Waals surface area contributed by atoms with Crippen molar-refractivity contribution in [3.05, 3.63) is 23.5 Å². The Morgan fingerprint density at radius 1 is 1.56 bits per heavy atom. The van der Waals surface area contributed by atoms with Gasteiger partial charge in [0.05, 0.1) is 18.0 Å². The van der Waals surface area contributed by atoms with Crippen molar-refractivity contribution in [1.29, 1.82) is 0 Å². The molecule has 0 saturated heterocycles. The molecule has 0 bridgehead atoms. The second-order valence-electron chi connectivity index (χ2n) is 3.68. The van der Waals surface area contributed by atoms with Crippen molar-refractivity contribution in [3.63, 3.8) is 0 Å². The van der Waals surface area contributed by atoms with Gasteiger partial charge in [0.15, 0.2) is 0 Å². The first kappa shape index (κ1) is 10.5. The summed E-state index contributed by atoms with van der Waals surface area (Å²) in [5, 5.41) is 19.4. The zero-order valence-electron chi connectivity index (χ0n) is 9.10. The second-order valence-corrected chi connectivity index (χ2v) is 3.68. The van der Waals surface area contributed by atoms with Crippen LogP contribution in [0.15, 0.2) is 16.7 Å². The number of hydrogen-bond acceptors (Lipinski definition) is 5. The maximum atomic E-state index is 9.00. The summed E-state index contributed by atoms with van der Waals surface area (Å²) in [5.41, 5.74) is 1.54. The third kappa shape index (κ3) is 2.33. The van der Waals surface area contributed by atoms with E-state index in [1.165, 1.54) is 6.07 Å². The van der Waals surface area contributed by atoms with Crippen LogP contribution in [-0.2, 0) is 0 Å². The average Bonchev–Trinajstić information content (AvgIpc) is 2.84. The highest BCUT2D eigenvalue weighted by molar-refractivity contribution is 5.15. The summed E-state index contributed by atoms with van der Waals surface area (Å²) >= 11 is 0. The highest BCUT2D eigenvalue weighted by atomic mass is 16.5. The van der Waals surface area contributed by atoms with Crippen LogP contribution >= 0.6 is 0 Å². The summed E-state index contributed by atoms with van der Waals surface area (Å²) < 4.78 is 10.0. The van der Waals surface area contributed by atoms with Gasteiger partial charge in [-0.3, -0.25) is 0 Å². The second kappa shape index (κ2) is 4.26. The minimum Gasteiger partial charge on any atom is -0.479 e. The maximum absolute atomic E-state index is 9.00. The van der Waals surface area contributed by atoms with Crippen LogP contribution in [-0.4, -0.2) is 27.1 Å². The molecule has 2 rings (SSSR count). The zero-order chi connectivity index (χ0) is 11.5. The average molecular weight is 223 g/mol. The molecular formula is C10H13N3O3. The largest absolute Gasteiger partial charge is 0.479 e. The molecule has 2 heterocycles. The quantitative estimate of drug-likeness (QED) is 0.822. The summed E-state index contributed by atoms with van der Waals surface area (Å²) in [7, 11) is 0. The molecule has 16 heavy (non-hydrogen) atoms. The van der Waals surface area contributed by atoms with Crippen LogP contribution in [0.5, 0.6) is 11.8 Å². The summed E-state index contributed by atoms with van der Waals surface area (Å²) in [4.78, 5) is 0. The third-order valence-electron chi connectivity index (χ3n) is 2.19. The van der Waals surface area contributed by atoms with Gasteiger partial charge < -0.3 is 14.4 Å². The van der Waals surface area contributed by atoms with E-state index in [1.54, 1.807) is 0 Å². The Hall–Kier alpha value is -1.98. The van der Waals surface area contributed by atoms with Crippen molar-refractivity contribution in [1.82, 2.24) is 15.4 Å². The SMILES string of the molecule is Cc1cc(OCC(C)c2cc(O)on2)[nH]n1. The molecule has 6 heteroatoms. The Morgan fingerprint density at radius 3 is 2.94 bits per heavy atom. The smallest absolute Gasteiger partial charge is 0.308 e. The molecule has 0 aromatic carbocycles. The van der Waals surface area contributed by atoms with Crippen LogP contribution in [0.4, 0.5) is 0 Å². The Kier molecular flexibility index (Phi) is 2.80. The number of aromatic amines is 1. The fourth-order valence-corrected chi connectivity index (χ4v) is 1.28. The number of hydrogen-bond donors (Lipinski definition) is 2. The first-order valence-electron chi connectivity index (χ1n) is 4.95. The van der Waals surface area contributed by atoms with Crippen molar-refractivity contribution in [3.8, 4) is 11.8 Å². The van der Waals surface area contributed by atoms with Gasteiger partial charge in [0.2, 0.25) is 5.88 Å². The van der Waals surface area contributed by atoms with Crippen LogP contribution < -0.4 is 4.74 Å². The molecule has 0 fully saturated rings. The van der Waals surface area contributed by atoms with Gasteiger partial charge in [-0.25, -0.2) is 5.10 Å². The van der Waals surface area contributed by atoms with Crippen LogP contribution in [0.2, 0.25) is 0 Å². The Labute approximate surface area is 92.2 Å². The number of aryl methyl sites for hydroxylation is 1. The molecule has 6 nitrogen and oxygen atoms in total. The van der Waals surface area contributed by atoms with Crippen LogP contribution in [0, 0.1) is 6.92 Å². The van der Waals surface area contributed by atoms with Gasteiger partial charge in [-0.2, -0.15) is 5.10 Å². The molecule has 0 amide bonds. The number of rotatable bonds is 4. The van der Waals surface area contributed by atoms with Crippen molar-refractivity contribution in [2.75, 3.05) is 6.61 Å². The van der Waals surface area contributed by atoms with Gasteiger partial charge in [0, 0.05) is 18.1 Å². The lowest BCUT2D eigenvalue weighted by atomic mass is 10.1. The van der Waals surface area contributed by atoms with E-state index >= 15 is 0 Å². The molecule has 0 saturated carbocycles. The number of nitrogens with zero attached hydrogens (tertiary/aromatic N) is 2. The Morgan fingerprint density at radius 2 is 2.38 bits per heavy atom. The van der Waals surface area contributed by atoms with Crippen molar-refractivity contribution in [2.24, 2.45) is 0 Å². The van der Waals surface area contributed by atoms with Crippen LogP contribution in [0.3, 0.4) is 0 Å². The van der Waals surface area contributed by atoms with Gasteiger partial charge in [-0.15, -0.1) is 0 Å². The minimum atomic E-state index is -0.181. The fraction of sp³-hybridized carbons (Fsp3) is 0.400. The number of ether oxygens (including phenoxy) is 1. The topological polar surface area (TPSA) is 84.2 Å². The van der Waals surface area contributed by atoms with E-state index in [4.69, 9.17) is 9.84 Å². The summed E-state index contributed by atoms with van der Waals surface area (Å²) in [5.74, 6) is 0.476. The van der Waals surface area contributed by atoms with Crippen molar-refractivity contribution in [2.45, 2.75) is 19.8 Å². The van der Waals surface area contributed by atoms with Crippen LogP contribution in [0.1, 0.15) is 24.2 Å². The van der Waals surface area contributed by atoms with E-state index in [0.717, 1.165) is 5.69 Å². The molecule has 1 unspecified atom stereocenters. The monoisotopic (exact) mass is 223 g/mol. The molecule has 2 N–H and O–H groups in total. The van der Waals surface area contributed by atoms with E-state index in [0.29, 0.717) is 18.2 Å². The van der Waals surface area contributed by atoms with E-state index in [2.05, 4.69) is 19.9 Å². The number of aromatic hydroxyl groups is 1. The van der Waals surface area contributed by atoms with Crippen LogP contribution in [0.25, 0.3) is 0 Å². The minimum absolute atomic E-state index is 0.0354. The van der Waals surface area contributed by atoms with Gasteiger partial charge in [-0.05, 0) is 6.92 Å². The summed E-state index contributed by atoms with van der Waals surface area (Å²) in [6.07, 6.45) is 0. The van der Waals surface area contributed by atoms with Gasteiger partial charge in [0.25, 0.3) is 0 Å². The highest BCUT2D eigenvalue weighted by Gasteiger charge is 2.12. The number of aromatic nitrogens is 3. The first-order valence-corrected chi connectivity index (χ1v) is 4.95. The zero-order valence-corrected chi connectivity index (χ0v) is 9.10. The standard InChI is InChI=1S/C10H13N3O3/c1-6(8-4-10(14)16-13-8)5-15-9-3-7(2)11-12-9/h3-4,6,14H,5H2,1-2H3,(H,11,12). The molecule has 1 atom stereocenters. The number of nitrogens with one attached hydrogen (secondary N) is 1. The molecule has 2 aromatic rings. The molecule has 0 aliphatic rings. The van der Waals surface area contributed by atoms with E-state index < -0.39 is 0 Å².